The van der Waals surface area contributed by atoms with Crippen LogP contribution < -0.4 is 0 Å². The van der Waals surface area contributed by atoms with E-state index in [4.69, 9.17) is 0 Å². The molecule has 4 aliphatic rings. The molecule has 0 bridgehead atoms. The molecule has 0 aromatic carbocycles. The first-order valence-electron chi connectivity index (χ1n) is 10.5. The summed E-state index contributed by atoms with van der Waals surface area (Å²) in [7, 11) is 0. The second-order valence-electron chi connectivity index (χ2n) is 10.2. The predicted molar refractivity (Wildman–Crippen MR) is 104 cm³/mol. The fourth-order valence-electron chi connectivity index (χ4n) is 8.07. The standard InChI is InChI=1S/C21H35BrO4/c1-20-8-7-12(24)9-11(20)3-4-13-14-5-6-15(16(25)10-23)21(14,2)19(22)18(26)17(13)20/h11-19,23-26H,3-10H2,1-2H3/t11-,12-,13+,14+,15-,16+,17-,18-,19+,20+,21+/m1/s1. The average Bonchev–Trinajstić information content (AvgIpc) is 2.97. The van der Waals surface area contributed by atoms with E-state index in [2.05, 4.69) is 29.8 Å². The van der Waals surface area contributed by atoms with E-state index in [0.717, 1.165) is 44.9 Å². The van der Waals surface area contributed by atoms with E-state index in [1.807, 2.05) is 0 Å². The largest absolute Gasteiger partial charge is 0.394 e. The van der Waals surface area contributed by atoms with Crippen LogP contribution in [0.25, 0.3) is 0 Å². The summed E-state index contributed by atoms with van der Waals surface area (Å²) in [5.41, 5.74) is -0.0807. The monoisotopic (exact) mass is 430 g/mol. The van der Waals surface area contributed by atoms with Gasteiger partial charge in [-0.15, -0.1) is 0 Å². The maximum Gasteiger partial charge on any atom is 0.0804 e. The van der Waals surface area contributed by atoms with Gasteiger partial charge in [0.15, 0.2) is 0 Å². The van der Waals surface area contributed by atoms with Gasteiger partial charge in [-0.05, 0) is 85.4 Å². The van der Waals surface area contributed by atoms with E-state index in [1.54, 1.807) is 0 Å². The van der Waals surface area contributed by atoms with Gasteiger partial charge in [-0.3, -0.25) is 0 Å². The Morgan fingerprint density at radius 2 is 1.81 bits per heavy atom. The van der Waals surface area contributed by atoms with Crippen LogP contribution >= 0.6 is 15.9 Å². The van der Waals surface area contributed by atoms with Crippen LogP contribution in [0.3, 0.4) is 0 Å². The number of aliphatic hydroxyl groups is 4. The van der Waals surface area contributed by atoms with Crippen molar-refractivity contribution in [2.45, 2.75) is 81.9 Å². The van der Waals surface area contributed by atoms with Crippen molar-refractivity contribution < 1.29 is 20.4 Å². The highest BCUT2D eigenvalue weighted by Crippen LogP contribution is 2.68. The molecule has 150 valence electrons. The lowest BCUT2D eigenvalue weighted by Crippen LogP contribution is -2.64. The molecule has 4 saturated carbocycles. The molecule has 0 saturated heterocycles. The van der Waals surface area contributed by atoms with E-state index >= 15 is 0 Å². The van der Waals surface area contributed by atoms with Crippen molar-refractivity contribution >= 4 is 15.9 Å². The van der Waals surface area contributed by atoms with E-state index in [1.165, 1.54) is 0 Å². The van der Waals surface area contributed by atoms with Crippen LogP contribution in [0.15, 0.2) is 0 Å². The fraction of sp³-hybridized carbons (Fsp3) is 1.00. The van der Waals surface area contributed by atoms with Gasteiger partial charge in [0.1, 0.15) is 0 Å². The molecule has 5 heteroatoms. The molecule has 4 nitrogen and oxygen atoms in total. The quantitative estimate of drug-likeness (QED) is 0.507. The van der Waals surface area contributed by atoms with Crippen LogP contribution in [0.1, 0.15) is 58.8 Å². The van der Waals surface area contributed by atoms with Gasteiger partial charge in [0, 0.05) is 4.83 Å². The zero-order valence-corrected chi connectivity index (χ0v) is 17.6. The minimum Gasteiger partial charge on any atom is -0.394 e. The van der Waals surface area contributed by atoms with Crippen LogP contribution in [0.2, 0.25) is 0 Å². The summed E-state index contributed by atoms with van der Waals surface area (Å²) in [6.45, 7) is 4.39. The Kier molecular flexibility index (Phi) is 5.05. The Morgan fingerprint density at radius 3 is 2.50 bits per heavy atom. The fourth-order valence-corrected chi connectivity index (χ4v) is 9.07. The highest BCUT2D eigenvalue weighted by atomic mass is 79.9. The van der Waals surface area contributed by atoms with Crippen LogP contribution in [0, 0.1) is 40.4 Å². The van der Waals surface area contributed by atoms with E-state index in [0.29, 0.717) is 17.8 Å². The molecule has 4 N–H and O–H groups in total. The molecule has 26 heavy (non-hydrogen) atoms. The zero-order chi connectivity index (χ0) is 18.9. The third-order valence-electron chi connectivity index (χ3n) is 9.39. The van der Waals surface area contributed by atoms with Crippen molar-refractivity contribution in [1.82, 2.24) is 0 Å². The molecule has 4 aliphatic carbocycles. The van der Waals surface area contributed by atoms with E-state index in [-0.39, 0.29) is 40.2 Å². The summed E-state index contributed by atoms with van der Waals surface area (Å²) in [6.07, 6.45) is 5.70. The van der Waals surface area contributed by atoms with Crippen molar-refractivity contribution in [2.24, 2.45) is 40.4 Å². The van der Waals surface area contributed by atoms with Crippen molar-refractivity contribution in [3.8, 4) is 0 Å². The molecule has 4 rings (SSSR count). The summed E-state index contributed by atoms with van der Waals surface area (Å²) >= 11 is 3.88. The van der Waals surface area contributed by atoms with Crippen molar-refractivity contribution in [1.29, 1.82) is 0 Å². The number of rotatable bonds is 2. The number of alkyl halides is 1. The molecule has 0 aromatic heterocycles. The molecule has 0 unspecified atom stereocenters. The Labute approximate surface area is 165 Å². The number of fused-ring (bicyclic) bond motifs is 5. The van der Waals surface area contributed by atoms with Gasteiger partial charge in [-0.2, -0.15) is 0 Å². The van der Waals surface area contributed by atoms with Gasteiger partial charge in [0.2, 0.25) is 0 Å². The van der Waals surface area contributed by atoms with Gasteiger partial charge in [0.25, 0.3) is 0 Å². The van der Waals surface area contributed by atoms with E-state index < -0.39 is 12.2 Å². The van der Waals surface area contributed by atoms with Gasteiger partial charge in [-0.1, -0.05) is 29.8 Å². The third-order valence-corrected chi connectivity index (χ3v) is 10.9. The van der Waals surface area contributed by atoms with Gasteiger partial charge >= 0.3 is 0 Å². The predicted octanol–water partition coefficient (Wildman–Crippen LogP) is 2.70. The molecular formula is C21H35BrO4. The summed E-state index contributed by atoms with van der Waals surface area (Å²) in [4.78, 5) is -0.0580. The average molecular weight is 431 g/mol. The molecule has 0 amide bonds. The second kappa shape index (κ2) is 6.69. The smallest absolute Gasteiger partial charge is 0.0804 e. The van der Waals surface area contributed by atoms with Crippen molar-refractivity contribution in [3.63, 3.8) is 0 Å². The summed E-state index contributed by atoms with van der Waals surface area (Å²) < 4.78 is 0. The maximum absolute atomic E-state index is 11.5. The third kappa shape index (κ3) is 2.53. The van der Waals surface area contributed by atoms with Crippen LogP contribution in [-0.2, 0) is 0 Å². The lowest BCUT2D eigenvalue weighted by Gasteiger charge is -2.64. The Morgan fingerprint density at radius 1 is 1.08 bits per heavy atom. The van der Waals surface area contributed by atoms with Crippen LogP contribution in [0.5, 0.6) is 0 Å². The molecule has 0 heterocycles. The van der Waals surface area contributed by atoms with Gasteiger partial charge in [-0.25, -0.2) is 0 Å². The van der Waals surface area contributed by atoms with E-state index in [9.17, 15) is 20.4 Å². The lowest BCUT2D eigenvalue weighted by atomic mass is 9.43. The summed E-state index contributed by atoms with van der Waals surface area (Å²) in [6, 6.07) is 0. The van der Waals surface area contributed by atoms with Crippen LogP contribution in [-0.4, -0.2) is 50.2 Å². The summed E-state index contributed by atoms with van der Waals surface area (Å²) in [5, 5.41) is 41.6. The topological polar surface area (TPSA) is 80.9 Å². The maximum atomic E-state index is 11.5. The van der Waals surface area contributed by atoms with Crippen molar-refractivity contribution in [2.75, 3.05) is 6.61 Å². The second-order valence-corrected chi connectivity index (χ2v) is 11.2. The number of aliphatic hydroxyl groups excluding tert-OH is 4. The minimum absolute atomic E-state index is 0.0381. The molecular weight excluding hydrogens is 396 g/mol. The number of hydrogen-bond acceptors (Lipinski definition) is 4. The Balaban J connectivity index is 1.69. The molecule has 4 fully saturated rings. The molecule has 0 radical (unpaired) electrons. The first-order valence-corrected chi connectivity index (χ1v) is 11.5. The molecule has 0 spiro atoms. The zero-order valence-electron chi connectivity index (χ0n) is 16.0. The molecule has 0 aliphatic heterocycles. The first kappa shape index (κ1) is 19.6. The normalized spacial score (nSPS) is 57.8. The summed E-state index contributed by atoms with van der Waals surface area (Å²) in [5.74, 6) is 1.77. The first-order chi connectivity index (χ1) is 12.2. The lowest BCUT2D eigenvalue weighted by molar-refractivity contribution is -0.178. The number of halogens is 1. The highest BCUT2D eigenvalue weighted by Gasteiger charge is 2.66. The number of hydrogen-bond donors (Lipinski definition) is 4. The Bertz CT molecular complexity index is 544. The minimum atomic E-state index is -0.703. The van der Waals surface area contributed by atoms with Crippen LogP contribution in [0.4, 0.5) is 0 Å². The highest BCUT2D eigenvalue weighted by molar-refractivity contribution is 9.09. The Hall–Kier alpha value is 0.320. The molecule has 0 aromatic rings. The van der Waals surface area contributed by atoms with Gasteiger partial charge < -0.3 is 20.4 Å². The SMILES string of the molecule is C[C@]12CC[C@@H](O)C[C@H]1CC[C@@H]1[C@@H]2[C@@H](O)[C@H](Br)[C@]2(C)[C@@H]([C@@H](O)CO)CC[C@@H]12. The van der Waals surface area contributed by atoms with Crippen molar-refractivity contribution in [3.05, 3.63) is 0 Å². The molecule has 11 atom stereocenters. The van der Waals surface area contributed by atoms with Gasteiger partial charge in [0.05, 0.1) is 24.9 Å².